The minimum Gasteiger partial charge on any atom is -0.327 e. The molecule has 1 aromatic carbocycles. The van der Waals surface area contributed by atoms with E-state index in [1.54, 1.807) is 18.6 Å². The molecule has 0 radical (unpaired) electrons. The molecule has 3 aromatic heterocycles. The second-order valence-corrected chi connectivity index (χ2v) is 9.03. The molecule has 1 saturated heterocycles. The van der Waals surface area contributed by atoms with Gasteiger partial charge in [-0.1, -0.05) is 30.3 Å². The number of nitrogens with one attached hydrogen (secondary N) is 1. The van der Waals surface area contributed by atoms with Crippen molar-refractivity contribution in [2.24, 2.45) is 5.73 Å². The summed E-state index contributed by atoms with van der Waals surface area (Å²) in [6.45, 7) is 4.54. The quantitative estimate of drug-likeness (QED) is 0.447. The maximum atomic E-state index is 13.1. The Kier molecular flexibility index (Phi) is 6.65. The Morgan fingerprint density at radius 3 is 2.74 bits per heavy atom. The molecule has 178 valence electrons. The SMILES string of the molecule is Cc1cn(-c2cc(CN3CCCC(N)C3)cc(NC(=O)c3cc(-c4ccccc4)ccn3)n2)cn1. The fourth-order valence-electron chi connectivity index (χ4n) is 4.44. The van der Waals surface area contributed by atoms with E-state index in [-0.39, 0.29) is 11.9 Å². The van der Waals surface area contributed by atoms with E-state index >= 15 is 0 Å². The first-order valence-corrected chi connectivity index (χ1v) is 11.9. The highest BCUT2D eigenvalue weighted by molar-refractivity contribution is 6.03. The summed E-state index contributed by atoms with van der Waals surface area (Å²) < 4.78 is 1.87. The summed E-state index contributed by atoms with van der Waals surface area (Å²) in [6.07, 6.45) is 7.45. The average molecular weight is 468 g/mol. The number of imidazole rings is 1. The van der Waals surface area contributed by atoms with Gasteiger partial charge in [-0.05, 0) is 67.3 Å². The number of piperidine rings is 1. The number of carbonyl (C=O) groups is 1. The number of aryl methyl sites for hydroxylation is 1. The summed E-state index contributed by atoms with van der Waals surface area (Å²) >= 11 is 0. The third kappa shape index (κ3) is 5.62. The van der Waals surface area contributed by atoms with Crippen LogP contribution in [0.2, 0.25) is 0 Å². The second-order valence-electron chi connectivity index (χ2n) is 9.03. The van der Waals surface area contributed by atoms with Crippen LogP contribution in [0.4, 0.5) is 5.82 Å². The predicted molar refractivity (Wildman–Crippen MR) is 136 cm³/mol. The van der Waals surface area contributed by atoms with Crippen LogP contribution in [0.1, 0.15) is 34.6 Å². The second kappa shape index (κ2) is 10.2. The molecule has 1 unspecified atom stereocenters. The van der Waals surface area contributed by atoms with Crippen LogP contribution in [0.3, 0.4) is 0 Å². The van der Waals surface area contributed by atoms with Gasteiger partial charge >= 0.3 is 0 Å². The number of rotatable bonds is 6. The number of pyridine rings is 2. The van der Waals surface area contributed by atoms with Gasteiger partial charge in [0.2, 0.25) is 0 Å². The molecule has 0 saturated carbocycles. The minimum absolute atomic E-state index is 0.198. The number of nitrogens with two attached hydrogens (primary N) is 1. The Morgan fingerprint density at radius 2 is 1.97 bits per heavy atom. The number of anilines is 1. The molecule has 1 aliphatic heterocycles. The van der Waals surface area contributed by atoms with Crippen molar-refractivity contribution < 1.29 is 4.79 Å². The molecule has 8 nitrogen and oxygen atoms in total. The van der Waals surface area contributed by atoms with E-state index in [4.69, 9.17) is 10.7 Å². The maximum absolute atomic E-state index is 13.1. The van der Waals surface area contributed by atoms with Gasteiger partial charge in [0.25, 0.3) is 5.91 Å². The lowest BCUT2D eigenvalue weighted by atomic mass is 10.1. The van der Waals surface area contributed by atoms with Crippen LogP contribution in [-0.2, 0) is 6.54 Å². The Balaban J connectivity index is 1.42. The molecule has 4 aromatic rings. The molecule has 0 aliphatic carbocycles. The number of nitrogens with zero attached hydrogens (tertiary/aromatic N) is 5. The number of hydrogen-bond donors (Lipinski definition) is 2. The lowest BCUT2D eigenvalue weighted by Gasteiger charge is -2.30. The Labute approximate surface area is 204 Å². The van der Waals surface area contributed by atoms with Gasteiger partial charge in [-0.2, -0.15) is 0 Å². The van der Waals surface area contributed by atoms with Crippen LogP contribution in [0.5, 0.6) is 0 Å². The van der Waals surface area contributed by atoms with E-state index < -0.39 is 0 Å². The minimum atomic E-state index is -0.305. The third-order valence-electron chi connectivity index (χ3n) is 6.14. The summed E-state index contributed by atoms with van der Waals surface area (Å²) in [4.78, 5) is 28.8. The molecule has 1 atom stereocenters. The molecule has 1 aliphatic rings. The molecule has 0 bridgehead atoms. The zero-order valence-electron chi connectivity index (χ0n) is 19.8. The average Bonchev–Trinajstić information content (AvgIpc) is 3.31. The molecular weight excluding hydrogens is 438 g/mol. The normalized spacial score (nSPS) is 16.2. The van der Waals surface area contributed by atoms with Crippen LogP contribution < -0.4 is 11.1 Å². The Morgan fingerprint density at radius 1 is 1.11 bits per heavy atom. The number of aromatic nitrogens is 4. The van der Waals surface area contributed by atoms with Crippen LogP contribution in [0.15, 0.2) is 73.3 Å². The molecule has 1 fully saturated rings. The monoisotopic (exact) mass is 467 g/mol. The summed E-state index contributed by atoms with van der Waals surface area (Å²) in [6, 6.07) is 17.8. The van der Waals surface area contributed by atoms with Gasteiger partial charge in [-0.25, -0.2) is 9.97 Å². The molecule has 3 N–H and O–H groups in total. The van der Waals surface area contributed by atoms with Crippen LogP contribution in [0, 0.1) is 6.92 Å². The molecule has 0 spiro atoms. The predicted octanol–water partition coefficient (Wildman–Crippen LogP) is 3.81. The first kappa shape index (κ1) is 22.9. The van der Waals surface area contributed by atoms with E-state index in [0.29, 0.717) is 17.3 Å². The molecule has 1 amide bonds. The van der Waals surface area contributed by atoms with Gasteiger partial charge in [0.05, 0.1) is 5.69 Å². The number of amides is 1. The van der Waals surface area contributed by atoms with Crippen molar-refractivity contribution in [2.75, 3.05) is 18.4 Å². The largest absolute Gasteiger partial charge is 0.327 e. The van der Waals surface area contributed by atoms with Crippen molar-refractivity contribution in [1.29, 1.82) is 0 Å². The van der Waals surface area contributed by atoms with Gasteiger partial charge in [0, 0.05) is 31.5 Å². The summed E-state index contributed by atoms with van der Waals surface area (Å²) in [5.41, 5.74) is 10.4. The highest BCUT2D eigenvalue weighted by Crippen LogP contribution is 2.21. The summed E-state index contributed by atoms with van der Waals surface area (Å²) in [7, 11) is 0. The van der Waals surface area contributed by atoms with Crippen molar-refractivity contribution in [3.63, 3.8) is 0 Å². The van der Waals surface area contributed by atoms with Gasteiger partial charge in [-0.15, -0.1) is 0 Å². The molecular formula is C27H29N7O. The first-order chi connectivity index (χ1) is 17.0. The summed E-state index contributed by atoms with van der Waals surface area (Å²) in [5, 5.41) is 2.95. The van der Waals surface area contributed by atoms with Crippen molar-refractivity contribution in [1.82, 2.24) is 24.4 Å². The molecule has 5 rings (SSSR count). The number of carbonyl (C=O) groups excluding carboxylic acids is 1. The molecule has 8 heteroatoms. The highest BCUT2D eigenvalue weighted by atomic mass is 16.1. The zero-order valence-corrected chi connectivity index (χ0v) is 19.8. The van der Waals surface area contributed by atoms with Gasteiger partial charge in [0.15, 0.2) is 0 Å². The van der Waals surface area contributed by atoms with Crippen molar-refractivity contribution in [2.45, 2.75) is 32.4 Å². The lowest BCUT2D eigenvalue weighted by molar-refractivity contribution is 0.102. The number of likely N-dealkylation sites (tertiary alicyclic amines) is 1. The standard InChI is InChI=1S/C27H29N7O/c1-19-15-34(18-30-19)26-13-20(16-33-11-5-8-23(28)17-33)12-25(31-26)32-27(35)24-14-22(9-10-29-24)21-6-3-2-4-7-21/h2-4,6-7,9-10,12-15,18,23H,5,8,11,16-17,28H2,1H3,(H,31,32,35). The van der Waals surface area contributed by atoms with Crippen molar-refractivity contribution >= 4 is 11.7 Å². The van der Waals surface area contributed by atoms with E-state index in [1.165, 1.54) is 0 Å². The topological polar surface area (TPSA) is 102 Å². The Hall–Kier alpha value is -3.88. The zero-order chi connectivity index (χ0) is 24.2. The van der Waals surface area contributed by atoms with E-state index in [2.05, 4.69) is 20.2 Å². The maximum Gasteiger partial charge on any atom is 0.275 e. The van der Waals surface area contributed by atoms with Gasteiger partial charge in [-0.3, -0.25) is 19.2 Å². The van der Waals surface area contributed by atoms with E-state index in [9.17, 15) is 4.79 Å². The van der Waals surface area contributed by atoms with Gasteiger partial charge < -0.3 is 11.1 Å². The fraction of sp³-hybridized carbons (Fsp3) is 0.259. The fourth-order valence-corrected chi connectivity index (χ4v) is 4.44. The molecule has 35 heavy (non-hydrogen) atoms. The third-order valence-corrected chi connectivity index (χ3v) is 6.14. The van der Waals surface area contributed by atoms with Crippen molar-refractivity contribution in [3.05, 3.63) is 90.3 Å². The number of benzene rings is 1. The van der Waals surface area contributed by atoms with Crippen LogP contribution in [-0.4, -0.2) is 49.5 Å². The number of hydrogen-bond acceptors (Lipinski definition) is 6. The van der Waals surface area contributed by atoms with Gasteiger partial charge in [0.1, 0.15) is 23.7 Å². The lowest BCUT2D eigenvalue weighted by Crippen LogP contribution is -2.42. The van der Waals surface area contributed by atoms with Crippen molar-refractivity contribution in [3.8, 4) is 16.9 Å². The summed E-state index contributed by atoms with van der Waals surface area (Å²) in [5.74, 6) is 0.868. The van der Waals surface area contributed by atoms with Crippen LogP contribution in [0.25, 0.3) is 16.9 Å². The smallest absolute Gasteiger partial charge is 0.275 e. The highest BCUT2D eigenvalue weighted by Gasteiger charge is 2.18. The van der Waals surface area contributed by atoms with E-state index in [0.717, 1.165) is 54.9 Å². The van der Waals surface area contributed by atoms with Crippen LogP contribution >= 0.6 is 0 Å². The van der Waals surface area contributed by atoms with E-state index in [1.807, 2.05) is 66.2 Å². The Bertz CT molecular complexity index is 1320. The first-order valence-electron chi connectivity index (χ1n) is 11.9. The molecule has 4 heterocycles.